The molecule has 0 saturated heterocycles. The third-order valence-electron chi connectivity index (χ3n) is 13.6. The van der Waals surface area contributed by atoms with Crippen LogP contribution in [0.5, 0.6) is 0 Å². The Morgan fingerprint density at radius 3 is 1.37 bits per heavy atom. The number of rotatable bonds is 47. The number of carbonyl (C=O) groups excluding carboxylic acids is 4. The van der Waals surface area contributed by atoms with Gasteiger partial charge in [-0.1, -0.05) is 194 Å². The molecule has 0 aromatic carbocycles. The highest BCUT2D eigenvalue weighted by atomic mass is 31.2. The van der Waals surface area contributed by atoms with Crippen LogP contribution in [-0.2, 0) is 42.1 Å². The largest absolute Gasteiger partial charge is 0.472 e. The van der Waals surface area contributed by atoms with Crippen LogP contribution in [0.3, 0.4) is 0 Å². The lowest BCUT2D eigenvalue weighted by Crippen LogP contribution is -2.33. The lowest BCUT2D eigenvalue weighted by atomic mass is 10.0. The molecule has 15 nitrogen and oxygen atoms in total. The van der Waals surface area contributed by atoms with Crippen molar-refractivity contribution in [3.8, 4) is 11.8 Å². The molecule has 0 aromatic rings. The van der Waals surface area contributed by atoms with E-state index in [-0.39, 0.29) is 51.9 Å². The number of esters is 2. The summed E-state index contributed by atoms with van der Waals surface area (Å²) in [6.07, 6.45) is 38.3. The number of hydrogen-bond acceptors (Lipinski definition) is 12. The minimum absolute atomic E-state index is 0. The van der Waals surface area contributed by atoms with Gasteiger partial charge in [0, 0.05) is 32.2 Å². The topological polar surface area (TPSA) is 220 Å². The quantitative estimate of drug-likeness (QED) is 0.0147. The van der Waals surface area contributed by atoms with E-state index in [0.717, 1.165) is 64.2 Å². The number of unbranched alkanes of at least 4 members (excludes halogenated alkanes) is 28. The van der Waals surface area contributed by atoms with Gasteiger partial charge in [0.2, 0.25) is 0 Å². The number of phosphoric ester groups is 1. The van der Waals surface area contributed by atoms with Crippen LogP contribution in [0.1, 0.15) is 245 Å². The molecule has 0 bridgehead atoms. The van der Waals surface area contributed by atoms with Crippen LogP contribution in [0.15, 0.2) is 0 Å². The van der Waals surface area contributed by atoms with Crippen LogP contribution in [0.25, 0.3) is 0 Å². The van der Waals surface area contributed by atoms with Gasteiger partial charge in [0.25, 0.3) is 0 Å². The third kappa shape index (κ3) is 39.3. The Hall–Kier alpha value is -2.89. The van der Waals surface area contributed by atoms with E-state index in [1.807, 2.05) is 0 Å². The number of carbonyl (C=O) groups is 4. The van der Waals surface area contributed by atoms with Crippen molar-refractivity contribution in [2.75, 3.05) is 46.1 Å². The lowest BCUT2D eigenvalue weighted by molar-refractivity contribution is -0.161. The minimum atomic E-state index is -4.65. The van der Waals surface area contributed by atoms with E-state index in [0.29, 0.717) is 37.2 Å². The molecular weight excluding hydrogens is 926 g/mol. The summed E-state index contributed by atoms with van der Waals surface area (Å²) in [7, 11) is -4.65. The minimum Gasteiger partial charge on any atom is -0.462 e. The van der Waals surface area contributed by atoms with Gasteiger partial charge in [0.05, 0.1) is 26.4 Å². The first-order valence-electron chi connectivity index (χ1n) is 28.4. The Balaban J connectivity index is 0.0000252. The molecule has 0 radical (unpaired) electrons. The lowest BCUT2D eigenvalue weighted by Gasteiger charge is -2.20. The fourth-order valence-electron chi connectivity index (χ4n) is 9.28. The summed E-state index contributed by atoms with van der Waals surface area (Å²) in [6, 6.07) is 0. The number of alkyl carbamates (subject to hydrolysis) is 2. The van der Waals surface area contributed by atoms with Crippen LogP contribution < -0.4 is 16.8 Å². The molecule has 0 spiro atoms. The van der Waals surface area contributed by atoms with E-state index < -0.39 is 44.7 Å². The van der Waals surface area contributed by atoms with Crippen molar-refractivity contribution in [3.05, 3.63) is 0 Å². The molecule has 0 aromatic heterocycles. The smallest absolute Gasteiger partial charge is 0.462 e. The molecule has 16 heteroatoms. The van der Waals surface area contributed by atoms with Gasteiger partial charge in [-0.05, 0) is 43.4 Å². The van der Waals surface area contributed by atoms with Crippen molar-refractivity contribution in [1.82, 2.24) is 16.8 Å². The van der Waals surface area contributed by atoms with Gasteiger partial charge in [-0.25, -0.2) is 14.2 Å². The fraction of sp³-hybridized carbons (Fsp3) is 0.891. The fourth-order valence-corrected chi connectivity index (χ4v) is 10.0. The summed E-state index contributed by atoms with van der Waals surface area (Å²) < 4.78 is 44.3. The maximum atomic E-state index is 12.8. The van der Waals surface area contributed by atoms with E-state index in [9.17, 15) is 28.6 Å². The van der Waals surface area contributed by atoms with Gasteiger partial charge in [-0.15, -0.1) is 11.8 Å². The van der Waals surface area contributed by atoms with Gasteiger partial charge in [0.15, 0.2) is 6.10 Å². The number of ether oxygens (including phenoxy) is 4. The van der Waals surface area contributed by atoms with E-state index in [2.05, 4.69) is 36.3 Å². The molecule has 3 unspecified atom stereocenters. The molecule has 4 atom stereocenters. The van der Waals surface area contributed by atoms with E-state index in [1.165, 1.54) is 141 Å². The molecule has 2 amide bonds. The second kappa shape index (κ2) is 45.7. The molecule has 1 saturated carbocycles. The average molecular weight is 1030 g/mol. The van der Waals surface area contributed by atoms with E-state index >= 15 is 0 Å². The van der Waals surface area contributed by atoms with Gasteiger partial charge < -0.3 is 40.6 Å². The van der Waals surface area contributed by atoms with Gasteiger partial charge in [-0.2, -0.15) is 0 Å². The first kappa shape index (κ1) is 66.1. The normalized spacial score (nSPS) is 17.1. The highest BCUT2D eigenvalue weighted by molar-refractivity contribution is 7.47. The summed E-state index contributed by atoms with van der Waals surface area (Å²) >= 11 is 0. The van der Waals surface area contributed by atoms with Crippen LogP contribution in [0, 0.1) is 29.6 Å². The molecule has 2 aliphatic rings. The standard InChI is InChI=1S/C55H99N2O12P.H3N/c1-3-5-7-9-11-13-15-17-19-21-23-25-27-29-35-39-52(58)65-45-48(69-53(59)40-36-30-28-26-24-22-20-18-16-14-12-10-8-6-4-2)46-68-70(62,63)67-44-42-57-54(60)64-43-41-56-55(61)66-47-51-49-37-33-31-32-34-38-50(49)51;/h48-51H,3-30,33-47H2,1-2H3,(H,56,61)(H,57,60)(H,62,63);1H3/t48-,49?,50?,51?;/m1./s1. The Morgan fingerprint density at radius 2 is 0.915 bits per heavy atom. The maximum absolute atomic E-state index is 12.8. The van der Waals surface area contributed by atoms with E-state index in [4.69, 9.17) is 28.0 Å². The molecular formula is C55H102N3O12P. The number of nitrogens with one attached hydrogen (secondary N) is 2. The van der Waals surface area contributed by atoms with Crippen molar-refractivity contribution in [2.24, 2.45) is 17.8 Å². The summed E-state index contributed by atoms with van der Waals surface area (Å²) in [5.41, 5.74) is 0. The summed E-state index contributed by atoms with van der Waals surface area (Å²) in [6.45, 7) is 3.38. The van der Waals surface area contributed by atoms with Crippen LogP contribution in [0.2, 0.25) is 0 Å². The van der Waals surface area contributed by atoms with Crippen molar-refractivity contribution < 1.29 is 56.6 Å². The first-order chi connectivity index (χ1) is 34.1. The Bertz CT molecular complexity index is 1440. The summed E-state index contributed by atoms with van der Waals surface area (Å²) in [5.74, 6) is 6.92. The predicted octanol–water partition coefficient (Wildman–Crippen LogP) is 14.2. The highest BCUT2D eigenvalue weighted by Gasteiger charge is 2.49. The second-order valence-electron chi connectivity index (χ2n) is 19.8. The molecule has 6 N–H and O–H groups in total. The third-order valence-corrected chi connectivity index (χ3v) is 14.6. The summed E-state index contributed by atoms with van der Waals surface area (Å²) in [5, 5.41) is 4.96. The number of hydrogen-bond donors (Lipinski definition) is 4. The summed E-state index contributed by atoms with van der Waals surface area (Å²) in [4.78, 5) is 60.1. The molecule has 0 heterocycles. The van der Waals surface area contributed by atoms with Gasteiger partial charge in [0.1, 0.15) is 13.2 Å². The SMILES string of the molecule is CCCCCCCCCCCCCCCCCC(=O)OC[C@H](COP(=O)(O)OCCNC(=O)OCCNC(=O)OCC1C2CCC#CCCC21)OC(=O)CCCCCCCCCCCCCCCCC.N. The average Bonchev–Trinajstić information content (AvgIpc) is 3.99. The van der Waals surface area contributed by atoms with Crippen LogP contribution in [-0.4, -0.2) is 81.2 Å². The Kier molecular flexibility index (Phi) is 42.6. The monoisotopic (exact) mass is 1030 g/mol. The highest BCUT2D eigenvalue weighted by Crippen LogP contribution is 2.52. The Morgan fingerprint density at radius 1 is 0.521 bits per heavy atom. The van der Waals surface area contributed by atoms with Gasteiger partial charge >= 0.3 is 31.9 Å². The number of phosphoric acid groups is 1. The molecule has 2 aliphatic carbocycles. The van der Waals surface area contributed by atoms with Crippen molar-refractivity contribution in [1.29, 1.82) is 0 Å². The van der Waals surface area contributed by atoms with Crippen LogP contribution in [0.4, 0.5) is 9.59 Å². The van der Waals surface area contributed by atoms with Crippen molar-refractivity contribution in [2.45, 2.75) is 251 Å². The van der Waals surface area contributed by atoms with Crippen molar-refractivity contribution in [3.63, 3.8) is 0 Å². The molecule has 414 valence electrons. The Labute approximate surface area is 430 Å². The molecule has 1 fully saturated rings. The number of fused-ring (bicyclic) bond motifs is 1. The predicted molar refractivity (Wildman–Crippen MR) is 282 cm³/mol. The second-order valence-corrected chi connectivity index (χ2v) is 21.3. The molecule has 0 aliphatic heterocycles. The number of amides is 2. The van der Waals surface area contributed by atoms with Crippen LogP contribution >= 0.6 is 7.82 Å². The maximum Gasteiger partial charge on any atom is 0.472 e. The first-order valence-corrected chi connectivity index (χ1v) is 29.9. The molecule has 2 rings (SSSR count). The van der Waals surface area contributed by atoms with Gasteiger partial charge in [-0.3, -0.25) is 18.6 Å². The zero-order valence-electron chi connectivity index (χ0n) is 44.8. The van der Waals surface area contributed by atoms with E-state index in [1.54, 1.807) is 0 Å². The molecule has 71 heavy (non-hydrogen) atoms. The zero-order chi connectivity index (χ0) is 50.6. The van der Waals surface area contributed by atoms with Crippen molar-refractivity contribution >= 4 is 31.9 Å². The zero-order valence-corrected chi connectivity index (χ0v) is 45.7.